The van der Waals surface area contributed by atoms with Crippen LogP contribution in [0.4, 0.5) is 30.7 Å². The molecule has 0 aromatic heterocycles. The molecule has 0 amide bonds. The van der Waals surface area contributed by atoms with Gasteiger partial charge in [0.1, 0.15) is 0 Å². The van der Waals surface area contributed by atoms with E-state index < -0.39 is 30.1 Å². The van der Waals surface area contributed by atoms with Gasteiger partial charge in [-0.05, 0) is 11.6 Å². The minimum absolute atomic E-state index is 3.10. The third-order valence-corrected chi connectivity index (χ3v) is 1.87. The highest BCUT2D eigenvalue weighted by Crippen LogP contribution is 2.51. The Kier molecular flexibility index (Phi) is 2.86. The predicted octanol–water partition coefficient (Wildman–Crippen LogP) is 2.71. The first-order chi connectivity index (χ1) is 6.53. The standard InChI is InChI=1S/C5H2ClF7O2/c6-4(5(11,12)13)14-2(9)3(10,15-4)1(7)8/h1-2H. The molecule has 0 aliphatic carbocycles. The summed E-state index contributed by atoms with van der Waals surface area (Å²) in [5.41, 5.74) is 0. The van der Waals surface area contributed by atoms with Crippen molar-refractivity contribution in [2.75, 3.05) is 0 Å². The molecule has 0 spiro atoms. The molecule has 1 fully saturated rings. The Bertz CT molecular complexity index is 258. The fourth-order valence-electron chi connectivity index (χ4n) is 0.753. The summed E-state index contributed by atoms with van der Waals surface area (Å²) < 4.78 is 91.2. The lowest BCUT2D eigenvalue weighted by Gasteiger charge is -2.23. The largest absolute Gasteiger partial charge is 0.460 e. The van der Waals surface area contributed by atoms with Crippen LogP contribution in [0.5, 0.6) is 0 Å². The van der Waals surface area contributed by atoms with Gasteiger partial charge in [-0.3, -0.25) is 9.47 Å². The average Bonchev–Trinajstić information content (AvgIpc) is 2.23. The van der Waals surface area contributed by atoms with Gasteiger partial charge in [-0.2, -0.15) is 17.6 Å². The van der Waals surface area contributed by atoms with Gasteiger partial charge in [-0.25, -0.2) is 13.2 Å². The number of hydrogen-bond acceptors (Lipinski definition) is 2. The van der Waals surface area contributed by atoms with E-state index in [9.17, 15) is 30.7 Å². The van der Waals surface area contributed by atoms with Crippen LogP contribution < -0.4 is 0 Å². The first-order valence-electron chi connectivity index (χ1n) is 3.27. The maximum atomic E-state index is 12.8. The normalized spacial score (nSPS) is 42.6. The van der Waals surface area contributed by atoms with E-state index in [0.29, 0.717) is 0 Å². The quantitative estimate of drug-likeness (QED) is 0.534. The lowest BCUT2D eigenvalue weighted by Crippen LogP contribution is -2.45. The molecule has 1 aliphatic rings. The smallest absolute Gasteiger partial charge is 0.289 e. The number of halogens is 8. The third-order valence-electron chi connectivity index (χ3n) is 1.49. The third kappa shape index (κ3) is 1.87. The highest BCUT2D eigenvalue weighted by atomic mass is 35.5. The van der Waals surface area contributed by atoms with E-state index in [1.54, 1.807) is 0 Å². The average molecular weight is 263 g/mol. The van der Waals surface area contributed by atoms with Crippen LogP contribution in [-0.2, 0) is 9.47 Å². The molecule has 0 aromatic carbocycles. The molecule has 3 atom stereocenters. The minimum Gasteiger partial charge on any atom is -0.289 e. The van der Waals surface area contributed by atoms with Gasteiger partial charge in [0.2, 0.25) is 0 Å². The summed E-state index contributed by atoms with van der Waals surface area (Å²) in [7, 11) is 0. The highest BCUT2D eigenvalue weighted by molar-refractivity contribution is 6.22. The topological polar surface area (TPSA) is 18.5 Å². The number of ether oxygens (including phenoxy) is 2. The molecule has 0 bridgehead atoms. The van der Waals surface area contributed by atoms with Crippen LogP contribution in [0, 0.1) is 0 Å². The highest BCUT2D eigenvalue weighted by Gasteiger charge is 2.73. The van der Waals surface area contributed by atoms with Crippen LogP contribution in [0.1, 0.15) is 0 Å². The van der Waals surface area contributed by atoms with Crippen LogP contribution in [-0.4, -0.2) is 30.1 Å². The van der Waals surface area contributed by atoms with Crippen molar-refractivity contribution in [1.82, 2.24) is 0 Å². The molecular formula is C5H2ClF7O2. The summed E-state index contributed by atoms with van der Waals surface area (Å²) in [6.07, 6.45) is -13.4. The Balaban J connectivity index is 2.98. The second-order valence-electron chi connectivity index (χ2n) is 2.57. The lowest BCUT2D eigenvalue weighted by molar-refractivity contribution is -0.331. The molecule has 1 aliphatic heterocycles. The Hall–Kier alpha value is -0.280. The summed E-state index contributed by atoms with van der Waals surface area (Å²) in [6.45, 7) is 0. The van der Waals surface area contributed by atoms with Gasteiger partial charge in [0, 0.05) is 0 Å². The predicted molar refractivity (Wildman–Crippen MR) is 31.5 cm³/mol. The van der Waals surface area contributed by atoms with E-state index in [-0.39, 0.29) is 0 Å². The zero-order valence-electron chi connectivity index (χ0n) is 6.49. The van der Waals surface area contributed by atoms with Crippen molar-refractivity contribution in [3.8, 4) is 0 Å². The summed E-state index contributed by atoms with van der Waals surface area (Å²) in [5.74, 6) is -4.53. The number of hydrogen-bond donors (Lipinski definition) is 0. The molecule has 1 saturated heterocycles. The fraction of sp³-hybridized carbons (Fsp3) is 1.00. The maximum Gasteiger partial charge on any atom is 0.460 e. The Morgan fingerprint density at radius 1 is 1.27 bits per heavy atom. The van der Waals surface area contributed by atoms with Gasteiger partial charge in [0.15, 0.2) is 0 Å². The van der Waals surface area contributed by atoms with Crippen molar-refractivity contribution in [3.05, 3.63) is 0 Å². The van der Waals surface area contributed by atoms with Crippen molar-refractivity contribution >= 4 is 11.6 Å². The summed E-state index contributed by atoms with van der Waals surface area (Å²) >= 11 is 4.49. The first kappa shape index (κ1) is 12.8. The zero-order valence-corrected chi connectivity index (χ0v) is 7.25. The van der Waals surface area contributed by atoms with Crippen LogP contribution in [0.3, 0.4) is 0 Å². The first-order valence-corrected chi connectivity index (χ1v) is 3.65. The second kappa shape index (κ2) is 3.36. The molecule has 15 heavy (non-hydrogen) atoms. The molecule has 1 heterocycles. The number of alkyl halides is 8. The van der Waals surface area contributed by atoms with E-state index in [0.717, 1.165) is 0 Å². The van der Waals surface area contributed by atoms with Crippen LogP contribution >= 0.6 is 11.6 Å². The Morgan fingerprint density at radius 3 is 1.93 bits per heavy atom. The molecule has 3 unspecified atom stereocenters. The Labute approximate surface area is 82.9 Å². The number of rotatable bonds is 1. The zero-order chi connectivity index (χ0) is 12.1. The van der Waals surface area contributed by atoms with Crippen molar-refractivity contribution in [2.45, 2.75) is 30.1 Å². The molecule has 0 saturated carbocycles. The minimum atomic E-state index is -5.55. The van der Waals surface area contributed by atoms with E-state index in [1.807, 2.05) is 0 Å². The van der Waals surface area contributed by atoms with Crippen molar-refractivity contribution in [2.24, 2.45) is 0 Å². The van der Waals surface area contributed by atoms with Crippen LogP contribution in [0.25, 0.3) is 0 Å². The van der Waals surface area contributed by atoms with Crippen LogP contribution in [0.15, 0.2) is 0 Å². The van der Waals surface area contributed by atoms with Crippen molar-refractivity contribution < 1.29 is 40.2 Å². The van der Waals surface area contributed by atoms with Gasteiger partial charge in [-0.15, -0.1) is 0 Å². The summed E-state index contributed by atoms with van der Waals surface area (Å²) in [4.78, 5) is 0. The molecular weight excluding hydrogens is 260 g/mol. The van der Waals surface area contributed by atoms with Gasteiger partial charge < -0.3 is 0 Å². The molecule has 90 valence electrons. The van der Waals surface area contributed by atoms with E-state index in [4.69, 9.17) is 0 Å². The van der Waals surface area contributed by atoms with E-state index in [1.165, 1.54) is 0 Å². The van der Waals surface area contributed by atoms with Gasteiger partial charge in [0.05, 0.1) is 0 Å². The molecule has 0 radical (unpaired) electrons. The SMILES string of the molecule is FC(F)C1(F)OC(Cl)(C(F)(F)F)OC1F. The van der Waals surface area contributed by atoms with Crippen molar-refractivity contribution in [3.63, 3.8) is 0 Å². The molecule has 2 nitrogen and oxygen atoms in total. The second-order valence-corrected chi connectivity index (χ2v) is 3.07. The maximum absolute atomic E-state index is 12.8. The summed E-state index contributed by atoms with van der Waals surface area (Å²) in [6, 6.07) is 0. The molecule has 0 N–H and O–H groups in total. The van der Waals surface area contributed by atoms with E-state index >= 15 is 0 Å². The lowest BCUT2D eigenvalue weighted by atomic mass is 10.3. The molecule has 1 rings (SSSR count). The Morgan fingerprint density at radius 2 is 1.73 bits per heavy atom. The van der Waals surface area contributed by atoms with Crippen LogP contribution in [0.2, 0.25) is 0 Å². The van der Waals surface area contributed by atoms with Gasteiger partial charge >= 0.3 is 23.7 Å². The monoisotopic (exact) mass is 262 g/mol. The van der Waals surface area contributed by atoms with Gasteiger partial charge in [0.25, 0.3) is 6.36 Å². The van der Waals surface area contributed by atoms with Crippen molar-refractivity contribution in [1.29, 1.82) is 0 Å². The van der Waals surface area contributed by atoms with E-state index in [2.05, 4.69) is 21.1 Å². The fourth-order valence-corrected chi connectivity index (χ4v) is 0.950. The summed E-state index contributed by atoms with van der Waals surface area (Å²) in [5, 5.41) is -4.24. The van der Waals surface area contributed by atoms with Gasteiger partial charge in [-0.1, -0.05) is 0 Å². The molecule has 10 heteroatoms. The molecule has 0 aromatic rings.